The molecule has 3 rings (SSSR count). The van der Waals surface area contributed by atoms with Crippen molar-refractivity contribution >= 4 is 26.9 Å². The highest BCUT2D eigenvalue weighted by molar-refractivity contribution is 7.88. The summed E-state index contributed by atoms with van der Waals surface area (Å²) in [5.74, 6) is 1.48. The molecule has 2 aromatic heterocycles. The van der Waals surface area contributed by atoms with Crippen LogP contribution < -0.4 is 5.32 Å². The number of hydrogen-bond donors (Lipinski definition) is 1. The normalized spacial score (nSPS) is 19.4. The van der Waals surface area contributed by atoms with E-state index in [4.69, 9.17) is 4.74 Å². The van der Waals surface area contributed by atoms with Gasteiger partial charge in [0, 0.05) is 33.1 Å². The number of nitrogens with one attached hydrogen (secondary N) is 1. The lowest BCUT2D eigenvalue weighted by Gasteiger charge is -2.31. The van der Waals surface area contributed by atoms with Crippen LogP contribution in [0.25, 0.3) is 11.0 Å². The number of ether oxygens (including phenoxy) is 1. The predicted octanol–water partition coefficient (Wildman–Crippen LogP) is 0.388. The number of fused-ring (bicyclic) bond motifs is 1. The van der Waals surface area contributed by atoms with Crippen LogP contribution in [0.15, 0.2) is 6.20 Å². The van der Waals surface area contributed by atoms with E-state index in [1.807, 2.05) is 7.05 Å². The summed E-state index contributed by atoms with van der Waals surface area (Å²) in [6, 6.07) is 0. The first-order chi connectivity index (χ1) is 11.9. The van der Waals surface area contributed by atoms with E-state index in [-0.39, 0.29) is 6.10 Å². The molecule has 2 aromatic rings. The molecule has 138 valence electrons. The molecule has 3 heterocycles. The van der Waals surface area contributed by atoms with Crippen molar-refractivity contribution in [3.8, 4) is 0 Å². The van der Waals surface area contributed by atoms with E-state index in [1.165, 1.54) is 10.6 Å². The van der Waals surface area contributed by atoms with Crippen molar-refractivity contribution in [3.05, 3.63) is 12.0 Å². The maximum atomic E-state index is 11.7. The van der Waals surface area contributed by atoms with Crippen molar-refractivity contribution in [3.63, 3.8) is 0 Å². The molecule has 0 radical (unpaired) electrons. The van der Waals surface area contributed by atoms with Gasteiger partial charge in [-0.2, -0.15) is 9.40 Å². The third-order valence-corrected chi connectivity index (χ3v) is 5.45. The van der Waals surface area contributed by atoms with Crippen LogP contribution in [0.5, 0.6) is 0 Å². The highest BCUT2D eigenvalue weighted by atomic mass is 32.2. The molecule has 1 saturated heterocycles. The number of aryl methyl sites for hydroxylation is 2. The Morgan fingerprint density at radius 1 is 1.40 bits per heavy atom. The van der Waals surface area contributed by atoms with E-state index in [0.29, 0.717) is 32.1 Å². The van der Waals surface area contributed by atoms with Gasteiger partial charge in [0.25, 0.3) is 0 Å². The van der Waals surface area contributed by atoms with Crippen LogP contribution in [0.4, 0.5) is 5.82 Å². The molecule has 0 spiro atoms. The van der Waals surface area contributed by atoms with Gasteiger partial charge in [0.1, 0.15) is 11.6 Å². The highest BCUT2D eigenvalue weighted by Crippen LogP contribution is 2.20. The van der Waals surface area contributed by atoms with Gasteiger partial charge in [-0.3, -0.25) is 4.68 Å². The van der Waals surface area contributed by atoms with Crippen molar-refractivity contribution in [2.24, 2.45) is 7.05 Å². The van der Waals surface area contributed by atoms with E-state index in [0.717, 1.165) is 29.7 Å². The van der Waals surface area contributed by atoms with Gasteiger partial charge in [0.05, 0.1) is 30.5 Å². The molecule has 0 saturated carbocycles. The molecular formula is C15H24N6O3S. The van der Waals surface area contributed by atoms with Crippen LogP contribution in [-0.2, 0) is 28.2 Å². The number of hydrogen-bond acceptors (Lipinski definition) is 7. The van der Waals surface area contributed by atoms with Gasteiger partial charge in [-0.05, 0) is 6.42 Å². The minimum atomic E-state index is -3.20. The lowest BCUT2D eigenvalue weighted by atomic mass is 10.3. The summed E-state index contributed by atoms with van der Waals surface area (Å²) in [7, 11) is -1.35. The summed E-state index contributed by atoms with van der Waals surface area (Å²) in [6.07, 6.45) is 4.48. The number of sulfonamides is 1. The van der Waals surface area contributed by atoms with Crippen LogP contribution in [0.1, 0.15) is 19.2 Å². The first-order valence-corrected chi connectivity index (χ1v) is 10.2. The Balaban J connectivity index is 1.76. The Kier molecular flexibility index (Phi) is 5.21. The number of aromatic nitrogens is 4. The summed E-state index contributed by atoms with van der Waals surface area (Å²) in [5.41, 5.74) is 0.781. The summed E-state index contributed by atoms with van der Waals surface area (Å²) in [5, 5.41) is 8.39. The summed E-state index contributed by atoms with van der Waals surface area (Å²) < 4.78 is 32.3. The van der Waals surface area contributed by atoms with Gasteiger partial charge in [-0.15, -0.1) is 0 Å². The molecule has 0 aromatic carbocycles. The maximum Gasteiger partial charge on any atom is 0.211 e. The number of rotatable bonds is 6. The molecule has 1 N–H and O–H groups in total. The smallest absolute Gasteiger partial charge is 0.211 e. The second-order valence-corrected chi connectivity index (χ2v) is 8.22. The van der Waals surface area contributed by atoms with Gasteiger partial charge in [0.15, 0.2) is 5.65 Å². The molecule has 1 aliphatic rings. The average molecular weight is 368 g/mol. The van der Waals surface area contributed by atoms with E-state index >= 15 is 0 Å². The van der Waals surface area contributed by atoms with Gasteiger partial charge in [0.2, 0.25) is 10.0 Å². The van der Waals surface area contributed by atoms with E-state index in [9.17, 15) is 8.42 Å². The van der Waals surface area contributed by atoms with Crippen LogP contribution in [0.3, 0.4) is 0 Å². The van der Waals surface area contributed by atoms with Gasteiger partial charge in [-0.25, -0.2) is 18.4 Å². The SMILES string of the molecule is CCCc1nc(NCC2CN(S(C)(=O)=O)CCO2)c2cnn(C)c2n1. The van der Waals surface area contributed by atoms with Crippen molar-refractivity contribution < 1.29 is 13.2 Å². The topological polar surface area (TPSA) is 102 Å². The highest BCUT2D eigenvalue weighted by Gasteiger charge is 2.26. The minimum absolute atomic E-state index is 0.222. The summed E-state index contributed by atoms with van der Waals surface area (Å²) in [6.45, 7) is 3.69. The zero-order valence-corrected chi connectivity index (χ0v) is 15.6. The van der Waals surface area contributed by atoms with Crippen molar-refractivity contribution in [2.45, 2.75) is 25.9 Å². The monoisotopic (exact) mass is 368 g/mol. The molecule has 25 heavy (non-hydrogen) atoms. The van der Waals surface area contributed by atoms with Crippen LogP contribution in [0, 0.1) is 0 Å². The zero-order valence-electron chi connectivity index (χ0n) is 14.8. The quantitative estimate of drug-likeness (QED) is 0.787. The second kappa shape index (κ2) is 7.22. The van der Waals surface area contributed by atoms with E-state index < -0.39 is 10.0 Å². The van der Waals surface area contributed by atoms with Crippen LogP contribution in [-0.4, -0.2) is 71.1 Å². The molecular weight excluding hydrogens is 344 g/mol. The fraction of sp³-hybridized carbons (Fsp3) is 0.667. The minimum Gasteiger partial charge on any atom is -0.374 e. The van der Waals surface area contributed by atoms with Gasteiger partial charge in [-0.1, -0.05) is 6.92 Å². The largest absolute Gasteiger partial charge is 0.374 e. The average Bonchev–Trinajstić information content (AvgIpc) is 2.94. The van der Waals surface area contributed by atoms with Crippen molar-refractivity contribution in [1.82, 2.24) is 24.1 Å². The zero-order chi connectivity index (χ0) is 18.0. The Bertz CT molecular complexity index is 850. The molecule has 1 fully saturated rings. The number of morpholine rings is 1. The number of anilines is 1. The van der Waals surface area contributed by atoms with E-state index in [2.05, 4.69) is 27.3 Å². The fourth-order valence-electron chi connectivity index (χ4n) is 2.86. The Morgan fingerprint density at radius 2 is 2.20 bits per heavy atom. The molecule has 1 aliphatic heterocycles. The number of nitrogens with zero attached hydrogens (tertiary/aromatic N) is 5. The summed E-state index contributed by atoms with van der Waals surface area (Å²) in [4.78, 5) is 9.15. The third kappa shape index (κ3) is 4.07. The third-order valence-electron chi connectivity index (χ3n) is 4.18. The Morgan fingerprint density at radius 3 is 2.92 bits per heavy atom. The molecule has 0 amide bonds. The second-order valence-electron chi connectivity index (χ2n) is 6.24. The standard InChI is InChI=1S/C15H24N6O3S/c1-4-5-13-18-14(12-9-17-20(2)15(12)19-13)16-8-11-10-21(6-7-24-11)25(3,22)23/h9,11H,4-8,10H2,1-3H3,(H,16,18,19). The Labute approximate surface area is 147 Å². The molecule has 9 nitrogen and oxygen atoms in total. The predicted molar refractivity (Wildman–Crippen MR) is 94.9 cm³/mol. The summed E-state index contributed by atoms with van der Waals surface area (Å²) >= 11 is 0. The molecule has 1 atom stereocenters. The fourth-order valence-corrected chi connectivity index (χ4v) is 3.71. The maximum absolute atomic E-state index is 11.7. The van der Waals surface area contributed by atoms with Crippen molar-refractivity contribution in [2.75, 3.05) is 37.8 Å². The molecule has 1 unspecified atom stereocenters. The lowest BCUT2D eigenvalue weighted by Crippen LogP contribution is -2.47. The first-order valence-electron chi connectivity index (χ1n) is 8.37. The van der Waals surface area contributed by atoms with Gasteiger partial charge >= 0.3 is 0 Å². The first kappa shape index (κ1) is 18.0. The van der Waals surface area contributed by atoms with Gasteiger partial charge < -0.3 is 10.1 Å². The molecule has 10 heteroatoms. The van der Waals surface area contributed by atoms with Crippen LogP contribution in [0.2, 0.25) is 0 Å². The van der Waals surface area contributed by atoms with E-state index in [1.54, 1.807) is 10.9 Å². The lowest BCUT2D eigenvalue weighted by molar-refractivity contribution is 0.00702. The van der Waals surface area contributed by atoms with Crippen LogP contribution >= 0.6 is 0 Å². The molecule has 0 bridgehead atoms. The Hall–Kier alpha value is -1.78. The molecule has 0 aliphatic carbocycles. The van der Waals surface area contributed by atoms with Crippen molar-refractivity contribution in [1.29, 1.82) is 0 Å².